The minimum atomic E-state index is -0.0901. The summed E-state index contributed by atoms with van der Waals surface area (Å²) in [5, 5.41) is 15.6. The summed E-state index contributed by atoms with van der Waals surface area (Å²) >= 11 is 0. The molecule has 8 heteroatoms. The zero-order chi connectivity index (χ0) is 19.4. The van der Waals surface area contributed by atoms with E-state index in [1.807, 2.05) is 6.92 Å². The van der Waals surface area contributed by atoms with Gasteiger partial charge in [-0.25, -0.2) is 4.68 Å². The monoisotopic (exact) mass is 372 g/mol. The van der Waals surface area contributed by atoms with Gasteiger partial charge in [0, 0.05) is 18.2 Å². The van der Waals surface area contributed by atoms with Crippen LogP contribution in [0.3, 0.4) is 0 Å². The largest absolute Gasteiger partial charge is 0.480 e. The number of carbonyl (C=O) groups is 1. The molecule has 27 heavy (non-hydrogen) atoms. The van der Waals surface area contributed by atoms with Crippen molar-refractivity contribution in [2.45, 2.75) is 44.6 Å². The number of hydrogen-bond acceptors (Lipinski definition) is 6. The number of amides is 1. The lowest BCUT2D eigenvalue weighted by atomic mass is 9.96. The van der Waals surface area contributed by atoms with Crippen molar-refractivity contribution in [2.24, 2.45) is 0 Å². The first-order valence-corrected chi connectivity index (χ1v) is 9.41. The number of carbonyl (C=O) groups excluding carboxylic acids is 1. The average Bonchev–Trinajstić information content (AvgIpc) is 3.34. The van der Waals surface area contributed by atoms with E-state index in [9.17, 15) is 4.79 Å². The first kappa shape index (κ1) is 19.3. The topological polar surface area (TPSA) is 85.2 Å². The maximum Gasteiger partial charge on any atom is 0.254 e. The molecule has 1 N–H and O–H groups in total. The normalized spacial score (nSPS) is 15.9. The molecule has 8 nitrogen and oxygen atoms in total. The van der Waals surface area contributed by atoms with E-state index in [2.05, 4.69) is 39.6 Å². The maximum absolute atomic E-state index is 12.9. The number of hydrogen-bond donors (Lipinski definition) is 1. The van der Waals surface area contributed by atoms with Crippen LogP contribution in [-0.4, -0.2) is 64.1 Å². The lowest BCUT2D eigenvalue weighted by Gasteiger charge is -2.36. The second kappa shape index (κ2) is 8.04. The number of methoxy groups -OCH3 is 1. The van der Waals surface area contributed by atoms with Crippen LogP contribution in [0.5, 0.6) is 5.88 Å². The summed E-state index contributed by atoms with van der Waals surface area (Å²) in [6.07, 6.45) is 6.92. The van der Waals surface area contributed by atoms with Crippen molar-refractivity contribution in [3.05, 3.63) is 29.6 Å². The Labute approximate surface area is 159 Å². The summed E-state index contributed by atoms with van der Waals surface area (Å²) in [5.74, 6) is 0.910. The average molecular weight is 372 g/mol. The van der Waals surface area contributed by atoms with E-state index in [1.54, 1.807) is 30.1 Å². The van der Waals surface area contributed by atoms with Crippen LogP contribution in [0.2, 0.25) is 0 Å². The van der Waals surface area contributed by atoms with Crippen LogP contribution in [0.1, 0.15) is 48.7 Å². The zero-order valence-corrected chi connectivity index (χ0v) is 16.5. The van der Waals surface area contributed by atoms with Crippen LogP contribution in [0.4, 0.5) is 0 Å². The fourth-order valence-electron chi connectivity index (χ4n) is 3.79. The smallest absolute Gasteiger partial charge is 0.254 e. The number of nitrogens with one attached hydrogen (secondary N) is 1. The summed E-state index contributed by atoms with van der Waals surface area (Å²) < 4.78 is 6.71. The van der Waals surface area contributed by atoms with Gasteiger partial charge in [0.2, 0.25) is 5.88 Å². The third kappa shape index (κ3) is 3.80. The van der Waals surface area contributed by atoms with Gasteiger partial charge in [0.05, 0.1) is 24.6 Å². The second-order valence-electron chi connectivity index (χ2n) is 7.21. The Morgan fingerprint density at radius 1 is 1.30 bits per heavy atom. The number of aromatic nitrogens is 4. The van der Waals surface area contributed by atoms with Crippen molar-refractivity contribution in [1.29, 1.82) is 0 Å². The van der Waals surface area contributed by atoms with E-state index in [0.717, 1.165) is 18.5 Å². The Bertz CT molecular complexity index is 778. The molecule has 3 rings (SSSR count). The number of ether oxygens (including phenoxy) is 1. The highest BCUT2D eigenvalue weighted by atomic mass is 16.5. The van der Waals surface area contributed by atoms with E-state index < -0.39 is 0 Å². The zero-order valence-electron chi connectivity index (χ0n) is 16.5. The molecule has 0 radical (unpaired) electrons. The van der Waals surface area contributed by atoms with Gasteiger partial charge in [-0.1, -0.05) is 19.8 Å². The second-order valence-corrected chi connectivity index (χ2v) is 7.21. The van der Waals surface area contributed by atoms with E-state index in [-0.39, 0.29) is 11.4 Å². The molecule has 0 atom stereocenters. The predicted molar refractivity (Wildman–Crippen MR) is 102 cm³/mol. The molecule has 1 aliphatic carbocycles. The molecular weight excluding hydrogens is 344 g/mol. The summed E-state index contributed by atoms with van der Waals surface area (Å²) in [4.78, 5) is 15.1. The lowest BCUT2D eigenvalue weighted by molar-refractivity contribution is 0.0899. The fourth-order valence-corrected chi connectivity index (χ4v) is 3.79. The Morgan fingerprint density at radius 3 is 2.59 bits per heavy atom. The molecule has 2 aromatic rings. The van der Waals surface area contributed by atoms with Gasteiger partial charge < -0.3 is 15.0 Å². The van der Waals surface area contributed by atoms with Crippen molar-refractivity contribution in [2.75, 3.05) is 27.7 Å². The molecule has 0 bridgehead atoms. The lowest BCUT2D eigenvalue weighted by Crippen LogP contribution is -2.50. The standard InChI is InChI=1S/C19H28N6O2/c1-5-15-14(12-21-25(15)16-8-9-17(27-4)23-22-16)18(26)20-13-19(24(2)3)10-6-7-11-19/h8-9,12H,5-7,10-11,13H2,1-4H3,(H,20,26). The highest BCUT2D eigenvalue weighted by Crippen LogP contribution is 2.33. The molecule has 1 fully saturated rings. The summed E-state index contributed by atoms with van der Waals surface area (Å²) in [6.45, 7) is 2.65. The van der Waals surface area contributed by atoms with Crippen molar-refractivity contribution >= 4 is 5.91 Å². The Balaban J connectivity index is 1.78. The third-order valence-corrected chi connectivity index (χ3v) is 5.56. The minimum Gasteiger partial charge on any atom is -0.480 e. The molecule has 0 aliphatic heterocycles. The van der Waals surface area contributed by atoms with E-state index in [1.165, 1.54) is 12.8 Å². The van der Waals surface area contributed by atoms with Gasteiger partial charge in [0.25, 0.3) is 5.91 Å². The fraction of sp³-hybridized carbons (Fsp3) is 0.579. The van der Waals surface area contributed by atoms with Crippen LogP contribution < -0.4 is 10.1 Å². The van der Waals surface area contributed by atoms with E-state index >= 15 is 0 Å². The number of likely N-dealkylation sites (N-methyl/N-ethyl adjacent to an activating group) is 1. The van der Waals surface area contributed by atoms with Crippen LogP contribution in [0.15, 0.2) is 18.3 Å². The Kier molecular flexibility index (Phi) is 5.74. The molecule has 1 saturated carbocycles. The van der Waals surface area contributed by atoms with Gasteiger partial charge in [-0.3, -0.25) is 4.79 Å². The summed E-state index contributed by atoms with van der Waals surface area (Å²) in [5.41, 5.74) is 1.46. The highest BCUT2D eigenvalue weighted by molar-refractivity contribution is 5.95. The summed E-state index contributed by atoms with van der Waals surface area (Å²) in [7, 11) is 5.73. The maximum atomic E-state index is 12.9. The highest BCUT2D eigenvalue weighted by Gasteiger charge is 2.36. The molecule has 0 spiro atoms. The molecule has 1 aliphatic rings. The quantitative estimate of drug-likeness (QED) is 0.798. The van der Waals surface area contributed by atoms with Gasteiger partial charge in [0.15, 0.2) is 5.82 Å². The molecule has 0 saturated heterocycles. The Morgan fingerprint density at radius 2 is 2.04 bits per heavy atom. The van der Waals surface area contributed by atoms with Crippen molar-refractivity contribution in [1.82, 2.24) is 30.2 Å². The van der Waals surface area contributed by atoms with Crippen molar-refractivity contribution in [3.8, 4) is 11.7 Å². The molecular formula is C19H28N6O2. The molecule has 0 aromatic carbocycles. The van der Waals surface area contributed by atoms with Gasteiger partial charge >= 0.3 is 0 Å². The third-order valence-electron chi connectivity index (χ3n) is 5.56. The van der Waals surface area contributed by atoms with Crippen LogP contribution in [0.25, 0.3) is 5.82 Å². The van der Waals surface area contributed by atoms with Crippen LogP contribution in [-0.2, 0) is 6.42 Å². The molecule has 0 unspecified atom stereocenters. The summed E-state index contributed by atoms with van der Waals surface area (Å²) in [6, 6.07) is 3.50. The first-order chi connectivity index (χ1) is 13.0. The molecule has 2 heterocycles. The molecule has 146 valence electrons. The predicted octanol–water partition coefficient (Wildman–Crippen LogP) is 1.84. The van der Waals surface area contributed by atoms with Crippen molar-refractivity contribution in [3.63, 3.8) is 0 Å². The van der Waals surface area contributed by atoms with Crippen LogP contribution in [0, 0.1) is 0 Å². The molecule has 2 aromatic heterocycles. The minimum absolute atomic E-state index is 0.0551. The van der Waals surface area contributed by atoms with E-state index in [0.29, 0.717) is 30.2 Å². The van der Waals surface area contributed by atoms with Crippen LogP contribution >= 0.6 is 0 Å². The SMILES string of the molecule is CCc1c(C(=O)NCC2(N(C)C)CCCC2)cnn1-c1ccc(OC)nn1. The Hall–Kier alpha value is -2.48. The van der Waals surface area contributed by atoms with E-state index in [4.69, 9.17) is 4.74 Å². The number of nitrogens with zero attached hydrogens (tertiary/aromatic N) is 5. The number of rotatable bonds is 7. The van der Waals surface area contributed by atoms with Gasteiger partial charge in [-0.2, -0.15) is 5.10 Å². The van der Waals surface area contributed by atoms with Gasteiger partial charge in [-0.15, -0.1) is 10.2 Å². The van der Waals surface area contributed by atoms with Gasteiger partial charge in [-0.05, 0) is 39.4 Å². The first-order valence-electron chi connectivity index (χ1n) is 9.41. The van der Waals surface area contributed by atoms with Crippen molar-refractivity contribution < 1.29 is 9.53 Å². The molecule has 1 amide bonds. The van der Waals surface area contributed by atoms with Gasteiger partial charge in [0.1, 0.15) is 0 Å².